The van der Waals surface area contributed by atoms with Crippen molar-refractivity contribution >= 4 is 57.1 Å². The standard InChI is InChI=1S/C41H40F5N3O3S.C40H38F5N3O3S/c1-27-22-29(28-12-14-32(15-13-28)41(44,45)46)10-11-30(27)24-48(33-16-18-47(19-17-33)20-21-52-2)38(51)25-49-36-9-4-3-7-34(36)37(50)23-39(49)53-26-31-6-5-8-35(42)40(31)43;1-51-22-21-46-19-17-32(18-20-46)47(24-27-9-11-28(12-10-27)29-13-15-31(16-14-29)40(43,44)45)37(50)25-48-35-8-3-2-6-33(35)36(49)23-38(48)52-26-30-5-4-7-34(41)39(30)42/h3-15,22-23,33H,16-21,24-26H2,1-2H3;2-16,23,32H,17-22,24-26H2,1H3/i3D,4D,5D,6D,7D,8D,9D,10D,11D,12D,13D,14D,15D,16D2,17D2,18D2,19D2,20D2,21D2,22D,23D,33D;17D2,18D2,19D2,20D2,21D2,22D2,32D. The van der Waals surface area contributed by atoms with E-state index in [4.69, 9.17) is 42.5 Å². The lowest BCUT2D eigenvalue weighted by molar-refractivity contribution is -0.138. The number of para-hydroxylation sites is 2. The second-order valence-corrected chi connectivity index (χ2v) is 23.7. The van der Waals surface area contributed by atoms with Crippen molar-refractivity contribution in [1.29, 1.82) is 0 Å². The molecule has 2 amide bonds. The first-order valence-electron chi connectivity index (χ1n) is 50.7. The number of thioether (sulfide) groups is 2. The molecule has 8 aromatic carbocycles. The average molecular weight is 1530 g/mol. The number of hydrogen-bond acceptors (Lipinski definition) is 10. The summed E-state index contributed by atoms with van der Waals surface area (Å²) in [4.78, 5) is 56.4. The van der Waals surface area contributed by atoms with Crippen LogP contribution in [0.4, 0.5) is 43.9 Å². The third-order valence-corrected chi connectivity index (χ3v) is 17.1. The monoisotopic (exact) mass is 1530 g/mol. The molecule has 2 fully saturated rings. The number of fused-ring (bicyclic) bond motifs is 2. The van der Waals surface area contributed by atoms with Gasteiger partial charge < -0.3 is 38.2 Å². The first-order valence-corrected chi connectivity index (χ1v) is 32.2. The molecular weight excluding hydrogens is 1410 g/mol. The van der Waals surface area contributed by atoms with Crippen molar-refractivity contribution < 1.29 is 119 Å². The van der Waals surface area contributed by atoms with Crippen LogP contribution in [0.5, 0.6) is 0 Å². The van der Waals surface area contributed by atoms with Crippen molar-refractivity contribution in [1.82, 2.24) is 28.7 Å². The first kappa shape index (κ1) is 40.1. The molecule has 0 radical (unpaired) electrons. The van der Waals surface area contributed by atoms with Crippen LogP contribution < -0.4 is 10.9 Å². The number of nitrogens with zero attached hydrogens (tertiary/aromatic N) is 6. The lowest BCUT2D eigenvalue weighted by Crippen LogP contribution is -2.48. The van der Waals surface area contributed by atoms with E-state index >= 15 is 14.0 Å². The minimum Gasteiger partial charge on any atom is -0.383 e. The number of carbonyl (C=O) groups excluding carboxylic acids is 2. The highest BCUT2D eigenvalue weighted by molar-refractivity contribution is 7.98. The summed E-state index contributed by atoms with van der Waals surface area (Å²) in [6, 6.07) is -9.32. The van der Waals surface area contributed by atoms with E-state index in [-0.39, 0.29) is 49.5 Å². The number of alkyl halides is 6. The molecule has 550 valence electrons. The molecule has 12 nitrogen and oxygen atoms in total. The summed E-state index contributed by atoms with van der Waals surface area (Å²) in [6.45, 7) is -38.4. The number of ether oxygens (including phenoxy) is 2. The molecule has 0 bridgehead atoms. The van der Waals surface area contributed by atoms with E-state index in [2.05, 4.69) is 9.47 Å². The third kappa shape index (κ3) is 19.3. The Hall–Kier alpha value is -9.04. The van der Waals surface area contributed by atoms with Gasteiger partial charge in [-0.3, -0.25) is 19.2 Å². The molecule has 2 saturated heterocycles. The van der Waals surface area contributed by atoms with Crippen molar-refractivity contribution in [3.8, 4) is 22.3 Å². The van der Waals surface area contributed by atoms with Crippen LogP contribution in [-0.4, -0.2) is 119 Å². The lowest BCUT2D eigenvalue weighted by Gasteiger charge is -2.39. The molecule has 0 atom stereocenters. The predicted octanol–water partition coefficient (Wildman–Crippen LogP) is 17.1. The van der Waals surface area contributed by atoms with Gasteiger partial charge in [0, 0.05) is 151 Å². The summed E-state index contributed by atoms with van der Waals surface area (Å²) in [6.07, 6.45) is -27.9. The van der Waals surface area contributed by atoms with Crippen molar-refractivity contribution in [2.24, 2.45) is 0 Å². The van der Waals surface area contributed by atoms with E-state index in [9.17, 15) is 62.8 Å². The van der Waals surface area contributed by atoms with Gasteiger partial charge in [0.25, 0.3) is 0 Å². The van der Waals surface area contributed by atoms with Crippen molar-refractivity contribution in [3.05, 3.63) is 270 Å². The fraction of sp³-hybridized carbons (Fsp3) is 0.309. The smallest absolute Gasteiger partial charge is 0.383 e. The Morgan fingerprint density at radius 1 is 0.543 bits per heavy atom. The third-order valence-electron chi connectivity index (χ3n) is 15.0. The fourth-order valence-electron chi connectivity index (χ4n) is 9.83. The molecule has 2 aromatic heterocycles. The molecule has 24 heteroatoms. The zero-order chi connectivity index (χ0) is 111. The summed E-state index contributed by atoms with van der Waals surface area (Å²) in [5.74, 6) is -11.2. The molecule has 12 rings (SSSR count). The van der Waals surface area contributed by atoms with Crippen molar-refractivity contribution in [2.45, 2.75) is 105 Å². The van der Waals surface area contributed by atoms with Crippen LogP contribution in [0, 0.1) is 30.2 Å². The Morgan fingerprint density at radius 3 is 1.71 bits per heavy atom. The van der Waals surface area contributed by atoms with Gasteiger partial charge in [0.2, 0.25) is 11.8 Å². The summed E-state index contributed by atoms with van der Waals surface area (Å²) in [7, 11) is 1.15. The van der Waals surface area contributed by atoms with Gasteiger partial charge in [0.1, 0.15) is 13.1 Å². The van der Waals surface area contributed by atoms with Crippen LogP contribution in [0.2, 0.25) is 0 Å². The number of pyridine rings is 2. The molecule has 0 aliphatic carbocycles. The Balaban J connectivity index is 0.000000284. The van der Waals surface area contributed by atoms with Gasteiger partial charge in [-0.25, -0.2) is 17.6 Å². The Kier molecular flexibility index (Phi) is 13.3. The Bertz CT molecular complexity index is 6930. The Labute approximate surface area is 667 Å². The second-order valence-electron chi connectivity index (χ2n) is 21.8. The van der Waals surface area contributed by atoms with Crippen molar-refractivity contribution in [3.63, 3.8) is 0 Å². The number of piperidine rings is 2. The first-order chi connectivity index (χ1) is 66.5. The highest BCUT2D eigenvalue weighted by Gasteiger charge is 2.34. The minimum atomic E-state index is -5.50. The maximum atomic E-state index is 15.7. The van der Waals surface area contributed by atoms with Crippen LogP contribution in [0.3, 0.4) is 0 Å². The number of benzene rings is 8. The number of hydrogen-bond donors (Lipinski definition) is 0. The Morgan fingerprint density at radius 2 is 1.10 bits per heavy atom. The molecule has 10 aromatic rings. The van der Waals surface area contributed by atoms with Crippen LogP contribution >= 0.6 is 23.5 Å². The molecule has 0 N–H and O–H groups in total. The van der Waals surface area contributed by atoms with E-state index < -0.39 is 340 Å². The van der Waals surface area contributed by atoms with Gasteiger partial charge in [-0.1, -0.05) is 115 Å². The number of halogens is 10. The minimum absolute atomic E-state index is 0.0163. The highest BCUT2D eigenvalue weighted by Crippen LogP contribution is 2.36. The summed E-state index contributed by atoms with van der Waals surface area (Å²) < 4.78 is 511. The van der Waals surface area contributed by atoms with Gasteiger partial charge in [-0.2, -0.15) is 26.3 Å². The van der Waals surface area contributed by atoms with E-state index in [1.807, 2.05) is 0 Å². The zero-order valence-electron chi connectivity index (χ0n) is 95.2. The molecular formula is C81H78F10N6O6S2. The number of methoxy groups -OCH3 is 2. The van der Waals surface area contributed by atoms with Crippen LogP contribution in [0.15, 0.2) is 207 Å². The molecule has 4 heterocycles. The number of carbonyl (C=O) groups is 2. The van der Waals surface area contributed by atoms with E-state index in [1.165, 1.54) is 77.4 Å². The molecule has 0 spiro atoms. The topological polar surface area (TPSA) is 110 Å². The van der Waals surface area contributed by atoms with Crippen LogP contribution in [0.25, 0.3) is 44.1 Å². The number of aromatic nitrogens is 2. The summed E-state index contributed by atoms with van der Waals surface area (Å²) in [5.41, 5.74) is -10.9. The SMILES string of the molecule is [2H]C([2H])(OC)C([2H])([2H])N1C([2H])([2H])C([2H])([2H])C([2H])(N(Cc2ccc(-c3ccc(C(F)(F)F)cc3)cc2)C(=O)Cn2c(SCc3cccc(F)c3F)cc(=O)c3ccccc32)C([2H])([2H])C1([2H])[2H].[2H]c1c([2H])c(F)c(F)c(CSc2c([2H])c(=O)c3c([2H])c([2H])c([2H])c([2H])c3n2CC(=O)N(Cc2c([2H])c([2H])c(-c3c([2H])c([2H])c(C(F)(F)F)c([2H])c3[2H])c([2H])c2C)C2([2H])C([2H])([2H])C([2H])([2H])N(C([2H])([2H])C([2H])([2H])OC)C([2H])([2H])C2([2H])[2H])c1[2H]. The van der Waals surface area contributed by atoms with Gasteiger partial charge in [-0.05, 0) is 132 Å². The second kappa shape index (κ2) is 34.9. The van der Waals surface area contributed by atoms with E-state index in [0.717, 1.165) is 43.0 Å². The van der Waals surface area contributed by atoms with Crippen LogP contribution in [0.1, 0.15) is 121 Å². The summed E-state index contributed by atoms with van der Waals surface area (Å²) in [5, 5.41) is -2.18. The number of amides is 2. The molecule has 0 saturated carbocycles. The van der Waals surface area contributed by atoms with E-state index in [0.29, 0.717) is 29.9 Å². The van der Waals surface area contributed by atoms with E-state index in [1.54, 1.807) is 0 Å². The number of rotatable bonds is 24. The molecule has 2 aliphatic heterocycles. The largest absolute Gasteiger partial charge is 0.416 e. The predicted molar refractivity (Wildman–Crippen MR) is 391 cm³/mol. The fourth-order valence-corrected chi connectivity index (χ4v) is 11.8. The molecule has 0 unspecified atom stereocenters. The average Bonchev–Trinajstić information content (AvgIpc) is 0.658. The van der Waals surface area contributed by atoms with Crippen LogP contribution in [-0.2, 0) is 69.1 Å². The lowest BCUT2D eigenvalue weighted by atomic mass is 9.97. The number of likely N-dealkylation sites (tertiary alicyclic amines) is 2. The van der Waals surface area contributed by atoms with Gasteiger partial charge in [0.05, 0.1) is 74.1 Å². The van der Waals surface area contributed by atoms with Gasteiger partial charge in [-0.15, -0.1) is 23.5 Å². The van der Waals surface area contributed by atoms with Crippen molar-refractivity contribution in [2.75, 3.05) is 66.3 Å². The van der Waals surface area contributed by atoms with Gasteiger partial charge >= 0.3 is 12.4 Å². The quantitative estimate of drug-likeness (QED) is 0.0428. The highest BCUT2D eigenvalue weighted by atomic mass is 32.2. The zero-order valence-corrected chi connectivity index (χ0v) is 55.8. The normalized spacial score (nSPS) is 24.8. The maximum Gasteiger partial charge on any atom is 0.416 e. The summed E-state index contributed by atoms with van der Waals surface area (Å²) >= 11 is 0.781. The molecule has 2 aliphatic rings. The van der Waals surface area contributed by atoms with Gasteiger partial charge in [0.15, 0.2) is 34.1 Å². The molecule has 105 heavy (non-hydrogen) atoms. The maximum absolute atomic E-state index is 15.7.